The molecule has 0 aliphatic heterocycles. The molecule has 0 atom stereocenters. The molecule has 2 rings (SSSR count). The smallest absolute Gasteiger partial charge is 0.0478 e. The maximum atomic E-state index is 6.15. The number of alkyl halides is 1. The van der Waals surface area contributed by atoms with Crippen molar-refractivity contribution in [2.45, 2.75) is 0 Å². The molecule has 0 unspecified atom stereocenters. The van der Waals surface area contributed by atoms with Gasteiger partial charge in [0.15, 0.2) is 0 Å². The van der Waals surface area contributed by atoms with E-state index in [0.29, 0.717) is 0 Å². The molecule has 0 amide bonds. The number of halogens is 2. The topological polar surface area (TPSA) is 0 Å². The van der Waals surface area contributed by atoms with Gasteiger partial charge in [-0.1, -0.05) is 76.1 Å². The first-order valence-electron chi connectivity index (χ1n) is 5.38. The van der Waals surface area contributed by atoms with Crippen molar-refractivity contribution in [3.8, 4) is 0 Å². The van der Waals surface area contributed by atoms with E-state index in [9.17, 15) is 0 Å². The number of allylic oxidation sites excluding steroid dienone is 1. The van der Waals surface area contributed by atoms with Gasteiger partial charge in [0.05, 0.1) is 0 Å². The van der Waals surface area contributed by atoms with E-state index in [-0.39, 0.29) is 0 Å². The Hall–Kier alpha value is -1.05. The van der Waals surface area contributed by atoms with Gasteiger partial charge in [-0.15, -0.1) is 0 Å². The second-order valence-electron chi connectivity index (χ2n) is 3.69. The fourth-order valence-electron chi connectivity index (χ4n) is 1.63. The summed E-state index contributed by atoms with van der Waals surface area (Å²) in [7, 11) is 0. The van der Waals surface area contributed by atoms with Crippen LogP contribution in [-0.4, -0.2) is 5.33 Å². The molecule has 0 spiro atoms. The van der Waals surface area contributed by atoms with Crippen LogP contribution in [0.15, 0.2) is 54.6 Å². The fourth-order valence-corrected chi connectivity index (χ4v) is 2.31. The van der Waals surface area contributed by atoms with Gasteiger partial charge < -0.3 is 0 Å². The minimum absolute atomic E-state index is 0.780. The van der Waals surface area contributed by atoms with Crippen LogP contribution in [0.25, 0.3) is 11.6 Å². The first-order chi connectivity index (χ1) is 8.31. The van der Waals surface area contributed by atoms with E-state index in [0.717, 1.165) is 15.9 Å². The molecular weight excluding hydrogens is 296 g/mol. The van der Waals surface area contributed by atoms with Crippen LogP contribution in [-0.2, 0) is 0 Å². The first kappa shape index (κ1) is 12.4. The Morgan fingerprint density at radius 1 is 1.00 bits per heavy atom. The Bertz CT molecular complexity index is 517. The standard InChI is InChI=1S/C15H12BrCl/c16-11-14(12-6-2-1-3-7-12)10-13-8-4-5-9-15(13)17/h1-10H,11H2. The van der Waals surface area contributed by atoms with Gasteiger partial charge in [-0.2, -0.15) is 0 Å². The highest BCUT2D eigenvalue weighted by molar-refractivity contribution is 9.09. The third kappa shape index (κ3) is 3.21. The zero-order valence-corrected chi connectivity index (χ0v) is 11.6. The van der Waals surface area contributed by atoms with Crippen LogP contribution in [0.1, 0.15) is 11.1 Å². The van der Waals surface area contributed by atoms with Crippen molar-refractivity contribution < 1.29 is 0 Å². The van der Waals surface area contributed by atoms with Gasteiger partial charge >= 0.3 is 0 Å². The second kappa shape index (κ2) is 6.04. The number of rotatable bonds is 3. The van der Waals surface area contributed by atoms with Crippen LogP contribution in [0.5, 0.6) is 0 Å². The van der Waals surface area contributed by atoms with E-state index in [1.807, 2.05) is 42.5 Å². The summed E-state index contributed by atoms with van der Waals surface area (Å²) in [6.07, 6.45) is 2.12. The number of hydrogen-bond donors (Lipinski definition) is 0. The van der Waals surface area contributed by atoms with Crippen LogP contribution in [0.4, 0.5) is 0 Å². The van der Waals surface area contributed by atoms with Gasteiger partial charge in [-0.25, -0.2) is 0 Å². The van der Waals surface area contributed by atoms with Crippen LogP contribution in [0.2, 0.25) is 5.02 Å². The van der Waals surface area contributed by atoms with Crippen LogP contribution in [0, 0.1) is 0 Å². The quantitative estimate of drug-likeness (QED) is 0.535. The predicted molar refractivity (Wildman–Crippen MR) is 79.6 cm³/mol. The van der Waals surface area contributed by atoms with Crippen molar-refractivity contribution in [2.24, 2.45) is 0 Å². The second-order valence-corrected chi connectivity index (χ2v) is 4.66. The van der Waals surface area contributed by atoms with Crippen molar-refractivity contribution in [1.82, 2.24) is 0 Å². The van der Waals surface area contributed by atoms with Gasteiger partial charge in [0.25, 0.3) is 0 Å². The van der Waals surface area contributed by atoms with E-state index >= 15 is 0 Å². The zero-order valence-electron chi connectivity index (χ0n) is 9.24. The summed E-state index contributed by atoms with van der Waals surface area (Å²) in [5.74, 6) is 0. The van der Waals surface area contributed by atoms with Gasteiger partial charge in [-0.05, 0) is 28.8 Å². The van der Waals surface area contributed by atoms with E-state index in [4.69, 9.17) is 11.6 Å². The predicted octanol–water partition coefficient (Wildman–Crippen LogP) is 5.28. The van der Waals surface area contributed by atoms with Crippen molar-refractivity contribution in [1.29, 1.82) is 0 Å². The molecule has 2 aromatic rings. The molecule has 0 fully saturated rings. The molecule has 0 aromatic heterocycles. The Labute approximate surface area is 115 Å². The van der Waals surface area contributed by atoms with E-state index < -0.39 is 0 Å². The Kier molecular flexibility index (Phi) is 4.41. The summed E-state index contributed by atoms with van der Waals surface area (Å²) in [6.45, 7) is 0. The van der Waals surface area contributed by atoms with Crippen molar-refractivity contribution >= 4 is 39.2 Å². The summed E-state index contributed by atoms with van der Waals surface area (Å²) in [4.78, 5) is 0. The highest BCUT2D eigenvalue weighted by Gasteiger charge is 2.01. The maximum absolute atomic E-state index is 6.15. The lowest BCUT2D eigenvalue weighted by molar-refractivity contribution is 1.58. The molecule has 86 valence electrons. The Morgan fingerprint density at radius 3 is 2.29 bits per heavy atom. The highest BCUT2D eigenvalue weighted by atomic mass is 79.9. The first-order valence-corrected chi connectivity index (χ1v) is 6.87. The number of hydrogen-bond acceptors (Lipinski definition) is 0. The summed E-state index contributed by atoms with van der Waals surface area (Å²) in [5.41, 5.74) is 3.48. The van der Waals surface area contributed by atoms with Crippen molar-refractivity contribution in [3.05, 3.63) is 70.7 Å². The van der Waals surface area contributed by atoms with Crippen LogP contribution >= 0.6 is 27.5 Å². The molecule has 0 nitrogen and oxygen atoms in total. The fraction of sp³-hybridized carbons (Fsp3) is 0.0667. The normalized spacial score (nSPS) is 11.5. The summed E-state index contributed by atoms with van der Waals surface area (Å²) in [6, 6.07) is 18.2. The molecule has 0 radical (unpaired) electrons. The Morgan fingerprint density at radius 2 is 1.65 bits per heavy atom. The molecule has 0 bridgehead atoms. The molecule has 2 aromatic carbocycles. The molecule has 0 aliphatic rings. The van der Waals surface area contributed by atoms with Gasteiger partial charge in [0.2, 0.25) is 0 Å². The largest absolute Gasteiger partial charge is 0.0876 e. The average molecular weight is 308 g/mol. The number of benzene rings is 2. The lowest BCUT2D eigenvalue weighted by Gasteiger charge is -2.05. The van der Waals surface area contributed by atoms with Gasteiger partial charge in [0.1, 0.15) is 0 Å². The maximum Gasteiger partial charge on any atom is 0.0478 e. The van der Waals surface area contributed by atoms with Gasteiger partial charge in [-0.3, -0.25) is 0 Å². The molecule has 17 heavy (non-hydrogen) atoms. The minimum atomic E-state index is 0.780. The van der Waals surface area contributed by atoms with Gasteiger partial charge in [0, 0.05) is 10.4 Å². The molecule has 0 aliphatic carbocycles. The van der Waals surface area contributed by atoms with Crippen LogP contribution < -0.4 is 0 Å². The van der Waals surface area contributed by atoms with Crippen molar-refractivity contribution in [2.75, 3.05) is 5.33 Å². The summed E-state index contributed by atoms with van der Waals surface area (Å²) >= 11 is 9.68. The molecule has 2 heteroatoms. The molecular formula is C15H12BrCl. The highest BCUT2D eigenvalue weighted by Crippen LogP contribution is 2.24. The third-order valence-corrected chi connectivity index (χ3v) is 3.47. The van der Waals surface area contributed by atoms with E-state index in [1.165, 1.54) is 11.1 Å². The molecule has 0 N–H and O–H groups in total. The molecule has 0 saturated heterocycles. The Balaban J connectivity index is 2.40. The van der Waals surface area contributed by atoms with E-state index in [1.54, 1.807) is 0 Å². The summed E-state index contributed by atoms with van der Waals surface area (Å²) in [5, 5.41) is 1.59. The third-order valence-electron chi connectivity index (χ3n) is 2.52. The summed E-state index contributed by atoms with van der Waals surface area (Å²) < 4.78 is 0. The lowest BCUT2D eigenvalue weighted by Crippen LogP contribution is -1.85. The lowest BCUT2D eigenvalue weighted by atomic mass is 10.0. The minimum Gasteiger partial charge on any atom is -0.0876 e. The molecule has 0 saturated carbocycles. The monoisotopic (exact) mass is 306 g/mol. The van der Waals surface area contributed by atoms with E-state index in [2.05, 4.69) is 34.1 Å². The van der Waals surface area contributed by atoms with Crippen LogP contribution in [0.3, 0.4) is 0 Å². The molecule has 0 heterocycles. The zero-order chi connectivity index (χ0) is 12.1. The van der Waals surface area contributed by atoms with Crippen molar-refractivity contribution in [3.63, 3.8) is 0 Å². The SMILES string of the molecule is Clc1ccccc1C=C(CBr)c1ccccc1. The average Bonchev–Trinajstić information content (AvgIpc) is 2.39.